The molecule has 0 radical (unpaired) electrons. The van der Waals surface area contributed by atoms with Gasteiger partial charge in [0.15, 0.2) is 5.96 Å². The van der Waals surface area contributed by atoms with Crippen molar-refractivity contribution in [1.82, 2.24) is 9.80 Å². The van der Waals surface area contributed by atoms with E-state index in [1.807, 2.05) is 17.0 Å². The number of carbonyl (C=O) groups is 1. The van der Waals surface area contributed by atoms with Crippen LogP contribution in [0, 0.1) is 11.7 Å². The zero-order valence-corrected chi connectivity index (χ0v) is 15.0. The van der Waals surface area contributed by atoms with Crippen LogP contribution < -0.4 is 10.6 Å². The summed E-state index contributed by atoms with van der Waals surface area (Å²) in [7, 11) is 0. The lowest BCUT2D eigenvalue weighted by Crippen LogP contribution is -2.51. The van der Waals surface area contributed by atoms with Crippen molar-refractivity contribution in [3.05, 3.63) is 30.1 Å². The van der Waals surface area contributed by atoms with Crippen LogP contribution in [-0.2, 0) is 4.79 Å². The first kappa shape index (κ1) is 17.1. The van der Waals surface area contributed by atoms with E-state index in [0.717, 1.165) is 51.3 Å². The third-order valence-electron chi connectivity index (χ3n) is 5.53. The lowest BCUT2D eigenvalue weighted by Gasteiger charge is -2.36. The van der Waals surface area contributed by atoms with Gasteiger partial charge < -0.3 is 20.4 Å². The highest BCUT2D eigenvalue weighted by atomic mass is 19.1. The fourth-order valence-corrected chi connectivity index (χ4v) is 3.84. The van der Waals surface area contributed by atoms with Crippen molar-refractivity contribution < 1.29 is 9.18 Å². The number of nitrogens with two attached hydrogens (primary N) is 1. The molecule has 1 amide bonds. The summed E-state index contributed by atoms with van der Waals surface area (Å²) in [6.07, 6.45) is 2.91. The molecule has 1 aromatic carbocycles. The van der Waals surface area contributed by atoms with E-state index in [1.54, 1.807) is 0 Å². The first-order chi connectivity index (χ1) is 12.6. The van der Waals surface area contributed by atoms with Gasteiger partial charge in [0.2, 0.25) is 5.91 Å². The van der Waals surface area contributed by atoms with E-state index in [-0.39, 0.29) is 11.7 Å². The molecule has 3 aliphatic rings. The highest BCUT2D eigenvalue weighted by Crippen LogP contribution is 2.32. The molecule has 4 rings (SSSR count). The summed E-state index contributed by atoms with van der Waals surface area (Å²) in [6.45, 7) is 4.71. The van der Waals surface area contributed by atoms with Gasteiger partial charge in [-0.3, -0.25) is 9.79 Å². The molecule has 7 heteroatoms. The number of hydrogen-bond donors (Lipinski definition) is 1. The van der Waals surface area contributed by atoms with E-state index >= 15 is 0 Å². The number of nitrogens with zero attached hydrogens (tertiary/aromatic N) is 4. The fourth-order valence-electron chi connectivity index (χ4n) is 3.84. The highest BCUT2D eigenvalue weighted by Gasteiger charge is 2.39. The summed E-state index contributed by atoms with van der Waals surface area (Å²) in [5, 5.41) is 0. The predicted octanol–water partition coefficient (Wildman–Crippen LogP) is 1.27. The summed E-state index contributed by atoms with van der Waals surface area (Å²) >= 11 is 0. The minimum Gasteiger partial charge on any atom is -0.370 e. The van der Waals surface area contributed by atoms with Crippen LogP contribution in [-0.4, -0.2) is 67.0 Å². The van der Waals surface area contributed by atoms with E-state index < -0.39 is 0 Å². The Morgan fingerprint density at radius 1 is 1.15 bits per heavy atom. The van der Waals surface area contributed by atoms with Crippen LogP contribution in [0.1, 0.15) is 19.3 Å². The maximum Gasteiger partial charge on any atom is 0.223 e. The standard InChI is InChI=1S/C19H26FN5O/c20-15-1-3-16(4-2-15)23-7-9-24(10-8-23)19(21)22-12-14-11-18(26)25(13-14)17-5-6-17/h1-4,14,17H,5-13H2,(H2,21,22). The van der Waals surface area contributed by atoms with Crippen LogP contribution >= 0.6 is 0 Å². The van der Waals surface area contributed by atoms with Crippen molar-refractivity contribution in [2.24, 2.45) is 16.6 Å². The SMILES string of the molecule is NC(=NCC1CC(=O)N(C2CC2)C1)N1CCN(c2ccc(F)cc2)CC1. The average Bonchev–Trinajstić information content (AvgIpc) is 3.43. The monoisotopic (exact) mass is 359 g/mol. The number of hydrogen-bond acceptors (Lipinski definition) is 3. The largest absolute Gasteiger partial charge is 0.370 e. The van der Waals surface area contributed by atoms with E-state index in [4.69, 9.17) is 5.73 Å². The minimum atomic E-state index is -0.214. The molecular formula is C19H26FN5O. The number of likely N-dealkylation sites (tertiary alicyclic amines) is 1. The second kappa shape index (κ2) is 7.13. The van der Waals surface area contributed by atoms with Crippen molar-refractivity contribution in [1.29, 1.82) is 0 Å². The number of halogens is 1. The molecule has 2 saturated heterocycles. The summed E-state index contributed by atoms with van der Waals surface area (Å²) in [4.78, 5) is 22.9. The topological polar surface area (TPSA) is 65.2 Å². The second-order valence-corrected chi connectivity index (χ2v) is 7.50. The molecule has 1 saturated carbocycles. The molecule has 1 aliphatic carbocycles. The molecule has 2 heterocycles. The summed E-state index contributed by atoms with van der Waals surface area (Å²) in [5.41, 5.74) is 7.21. The molecular weight excluding hydrogens is 333 g/mol. The molecule has 0 aromatic heterocycles. The predicted molar refractivity (Wildman–Crippen MR) is 99.5 cm³/mol. The number of carbonyl (C=O) groups excluding carboxylic acids is 1. The van der Waals surface area contributed by atoms with Gasteiger partial charge in [-0.15, -0.1) is 0 Å². The van der Waals surface area contributed by atoms with Gasteiger partial charge in [-0.05, 0) is 37.1 Å². The van der Waals surface area contributed by atoms with Crippen LogP contribution in [0.3, 0.4) is 0 Å². The Bertz CT molecular complexity index is 680. The van der Waals surface area contributed by atoms with Gasteiger partial charge in [-0.25, -0.2) is 4.39 Å². The Hall–Kier alpha value is -2.31. The third kappa shape index (κ3) is 3.76. The minimum absolute atomic E-state index is 0.214. The molecule has 3 fully saturated rings. The molecule has 2 aliphatic heterocycles. The number of anilines is 1. The molecule has 6 nitrogen and oxygen atoms in total. The van der Waals surface area contributed by atoms with Crippen LogP contribution in [0.5, 0.6) is 0 Å². The number of rotatable bonds is 4. The molecule has 1 unspecified atom stereocenters. The quantitative estimate of drug-likeness (QED) is 0.650. The number of aliphatic imine (C=N–C) groups is 1. The zero-order chi connectivity index (χ0) is 18.1. The van der Waals surface area contributed by atoms with E-state index in [2.05, 4.69) is 14.8 Å². The lowest BCUT2D eigenvalue weighted by molar-refractivity contribution is -0.128. The van der Waals surface area contributed by atoms with Crippen molar-refractivity contribution >= 4 is 17.6 Å². The van der Waals surface area contributed by atoms with Crippen molar-refractivity contribution in [3.8, 4) is 0 Å². The Morgan fingerprint density at radius 2 is 1.85 bits per heavy atom. The van der Waals surface area contributed by atoms with E-state index in [0.29, 0.717) is 30.9 Å². The van der Waals surface area contributed by atoms with Crippen LogP contribution in [0.2, 0.25) is 0 Å². The fraction of sp³-hybridized carbons (Fsp3) is 0.579. The lowest BCUT2D eigenvalue weighted by atomic mass is 10.1. The van der Waals surface area contributed by atoms with Gasteiger partial charge in [0.25, 0.3) is 0 Å². The first-order valence-corrected chi connectivity index (χ1v) is 9.45. The van der Waals surface area contributed by atoms with Crippen molar-refractivity contribution in [2.75, 3.05) is 44.2 Å². The van der Waals surface area contributed by atoms with Crippen LogP contribution in [0.25, 0.3) is 0 Å². The Morgan fingerprint density at radius 3 is 2.50 bits per heavy atom. The number of piperazine rings is 1. The molecule has 0 spiro atoms. The van der Waals surface area contributed by atoms with Gasteiger partial charge in [0, 0.05) is 63.3 Å². The van der Waals surface area contributed by atoms with Gasteiger partial charge in [0.05, 0.1) is 0 Å². The molecule has 2 N–H and O–H groups in total. The first-order valence-electron chi connectivity index (χ1n) is 9.45. The summed E-state index contributed by atoms with van der Waals surface area (Å²) < 4.78 is 13.0. The molecule has 26 heavy (non-hydrogen) atoms. The van der Waals surface area contributed by atoms with Crippen LogP contribution in [0.4, 0.5) is 10.1 Å². The molecule has 0 bridgehead atoms. The van der Waals surface area contributed by atoms with Gasteiger partial charge in [-0.1, -0.05) is 0 Å². The van der Waals surface area contributed by atoms with Crippen molar-refractivity contribution in [3.63, 3.8) is 0 Å². The van der Waals surface area contributed by atoms with E-state index in [9.17, 15) is 9.18 Å². The average molecular weight is 359 g/mol. The number of amides is 1. The Labute approximate surface area is 153 Å². The number of benzene rings is 1. The van der Waals surface area contributed by atoms with E-state index in [1.165, 1.54) is 12.1 Å². The normalized spacial score (nSPS) is 24.5. The number of guanidine groups is 1. The van der Waals surface area contributed by atoms with Crippen LogP contribution in [0.15, 0.2) is 29.3 Å². The Balaban J connectivity index is 1.26. The van der Waals surface area contributed by atoms with Gasteiger partial charge in [-0.2, -0.15) is 0 Å². The van der Waals surface area contributed by atoms with Gasteiger partial charge >= 0.3 is 0 Å². The maximum atomic E-state index is 13.0. The third-order valence-corrected chi connectivity index (χ3v) is 5.53. The smallest absolute Gasteiger partial charge is 0.223 e. The summed E-state index contributed by atoms with van der Waals surface area (Å²) in [5.74, 6) is 0.928. The molecule has 140 valence electrons. The van der Waals surface area contributed by atoms with Gasteiger partial charge in [0.1, 0.15) is 5.82 Å². The molecule has 1 aromatic rings. The second-order valence-electron chi connectivity index (χ2n) is 7.50. The zero-order valence-electron chi connectivity index (χ0n) is 15.0. The summed E-state index contributed by atoms with van der Waals surface area (Å²) in [6, 6.07) is 7.10. The van der Waals surface area contributed by atoms with Crippen molar-refractivity contribution in [2.45, 2.75) is 25.3 Å². The molecule has 1 atom stereocenters. The maximum absolute atomic E-state index is 13.0. The highest BCUT2D eigenvalue weighted by molar-refractivity contribution is 5.80. The Kier molecular flexibility index (Phi) is 4.70.